The van der Waals surface area contributed by atoms with Crippen LogP contribution in [-0.2, 0) is 0 Å². The van der Waals surface area contributed by atoms with Gasteiger partial charge >= 0.3 is 0 Å². The maximum Gasteiger partial charge on any atom is 0.159 e. The number of rotatable bonds is 3. The standard InChI is InChI=1S/C16H20N4/c17-13-6-8-14(9-7-13)20-15-10-18-16(19-11-15)12-4-2-1-3-5-12/h1-5,10-11,13-14,20H,6-9,17H2. The van der Waals surface area contributed by atoms with Gasteiger partial charge in [-0.3, -0.25) is 0 Å². The minimum Gasteiger partial charge on any atom is -0.380 e. The summed E-state index contributed by atoms with van der Waals surface area (Å²) in [6, 6.07) is 10.9. The topological polar surface area (TPSA) is 63.8 Å². The van der Waals surface area contributed by atoms with Crippen molar-refractivity contribution in [3.63, 3.8) is 0 Å². The van der Waals surface area contributed by atoms with Crippen LogP contribution in [0.25, 0.3) is 11.4 Å². The Bertz CT molecular complexity index is 530. The molecule has 3 rings (SSSR count). The second-order valence-electron chi connectivity index (χ2n) is 5.42. The molecule has 1 fully saturated rings. The first-order valence-electron chi connectivity index (χ1n) is 7.21. The van der Waals surface area contributed by atoms with E-state index in [4.69, 9.17) is 5.73 Å². The molecule has 1 aromatic carbocycles. The summed E-state index contributed by atoms with van der Waals surface area (Å²) >= 11 is 0. The summed E-state index contributed by atoms with van der Waals surface area (Å²) in [6.45, 7) is 0. The van der Waals surface area contributed by atoms with Gasteiger partial charge in [-0.15, -0.1) is 0 Å². The Labute approximate surface area is 119 Å². The molecule has 2 aromatic rings. The SMILES string of the molecule is NC1CCC(Nc2cnc(-c3ccccc3)nc2)CC1. The van der Waals surface area contributed by atoms with Crippen molar-refractivity contribution >= 4 is 5.69 Å². The van der Waals surface area contributed by atoms with Gasteiger partial charge in [-0.25, -0.2) is 9.97 Å². The average Bonchev–Trinajstić information content (AvgIpc) is 2.51. The average molecular weight is 268 g/mol. The van der Waals surface area contributed by atoms with Crippen molar-refractivity contribution in [2.45, 2.75) is 37.8 Å². The van der Waals surface area contributed by atoms with Crippen LogP contribution in [-0.4, -0.2) is 22.1 Å². The first kappa shape index (κ1) is 13.1. The molecule has 1 aliphatic carbocycles. The Morgan fingerprint density at radius 3 is 2.25 bits per heavy atom. The van der Waals surface area contributed by atoms with Crippen LogP contribution in [0.15, 0.2) is 42.7 Å². The smallest absolute Gasteiger partial charge is 0.159 e. The van der Waals surface area contributed by atoms with Crippen LogP contribution < -0.4 is 11.1 Å². The summed E-state index contributed by atoms with van der Waals surface area (Å²) in [5.74, 6) is 0.766. The van der Waals surface area contributed by atoms with Gasteiger partial charge in [0.15, 0.2) is 5.82 Å². The second kappa shape index (κ2) is 6.01. The van der Waals surface area contributed by atoms with Gasteiger partial charge in [-0.2, -0.15) is 0 Å². The molecule has 1 aliphatic rings. The van der Waals surface area contributed by atoms with Crippen molar-refractivity contribution in [1.82, 2.24) is 9.97 Å². The maximum atomic E-state index is 5.92. The van der Waals surface area contributed by atoms with Gasteiger partial charge in [-0.1, -0.05) is 30.3 Å². The predicted octanol–water partition coefficient (Wildman–Crippen LogP) is 2.83. The first-order chi connectivity index (χ1) is 9.81. The Hall–Kier alpha value is -1.94. The van der Waals surface area contributed by atoms with Crippen molar-refractivity contribution < 1.29 is 0 Å². The number of benzene rings is 1. The lowest BCUT2D eigenvalue weighted by Gasteiger charge is -2.27. The third-order valence-corrected chi connectivity index (χ3v) is 3.83. The van der Waals surface area contributed by atoms with Crippen LogP contribution in [0, 0.1) is 0 Å². The molecule has 20 heavy (non-hydrogen) atoms. The Balaban J connectivity index is 1.65. The van der Waals surface area contributed by atoms with Crippen molar-refractivity contribution in [2.24, 2.45) is 5.73 Å². The van der Waals surface area contributed by atoms with E-state index in [1.165, 1.54) is 0 Å². The fourth-order valence-corrected chi connectivity index (χ4v) is 2.64. The van der Waals surface area contributed by atoms with E-state index in [9.17, 15) is 0 Å². The number of anilines is 1. The molecule has 0 saturated heterocycles. The molecule has 0 unspecified atom stereocenters. The summed E-state index contributed by atoms with van der Waals surface area (Å²) in [6.07, 6.45) is 8.18. The molecule has 0 radical (unpaired) electrons. The zero-order chi connectivity index (χ0) is 13.8. The van der Waals surface area contributed by atoms with Crippen molar-refractivity contribution in [3.8, 4) is 11.4 Å². The van der Waals surface area contributed by atoms with Crippen molar-refractivity contribution in [2.75, 3.05) is 5.32 Å². The highest BCUT2D eigenvalue weighted by atomic mass is 15.0. The summed E-state index contributed by atoms with van der Waals surface area (Å²) in [7, 11) is 0. The van der Waals surface area contributed by atoms with Gasteiger partial charge in [0.2, 0.25) is 0 Å². The quantitative estimate of drug-likeness (QED) is 0.898. The van der Waals surface area contributed by atoms with Gasteiger partial charge in [0.25, 0.3) is 0 Å². The fraction of sp³-hybridized carbons (Fsp3) is 0.375. The highest BCUT2D eigenvalue weighted by Gasteiger charge is 2.18. The molecule has 1 saturated carbocycles. The van der Waals surface area contributed by atoms with E-state index in [2.05, 4.69) is 15.3 Å². The number of aromatic nitrogens is 2. The Morgan fingerprint density at radius 2 is 1.60 bits per heavy atom. The lowest BCUT2D eigenvalue weighted by atomic mass is 9.92. The molecule has 1 aromatic heterocycles. The van der Waals surface area contributed by atoms with E-state index in [0.29, 0.717) is 12.1 Å². The van der Waals surface area contributed by atoms with Crippen molar-refractivity contribution in [3.05, 3.63) is 42.7 Å². The highest BCUT2D eigenvalue weighted by Crippen LogP contribution is 2.21. The van der Waals surface area contributed by atoms with Gasteiger partial charge in [-0.05, 0) is 25.7 Å². The van der Waals surface area contributed by atoms with E-state index < -0.39 is 0 Å². The molecule has 4 nitrogen and oxygen atoms in total. The minimum absolute atomic E-state index is 0.379. The fourth-order valence-electron chi connectivity index (χ4n) is 2.64. The third kappa shape index (κ3) is 3.14. The summed E-state index contributed by atoms with van der Waals surface area (Å²) < 4.78 is 0. The third-order valence-electron chi connectivity index (χ3n) is 3.83. The number of nitrogens with one attached hydrogen (secondary N) is 1. The molecule has 0 bridgehead atoms. The normalized spacial score (nSPS) is 22.4. The zero-order valence-corrected chi connectivity index (χ0v) is 11.5. The van der Waals surface area contributed by atoms with Gasteiger partial charge in [0.05, 0.1) is 18.1 Å². The monoisotopic (exact) mass is 268 g/mol. The van der Waals surface area contributed by atoms with E-state index in [0.717, 1.165) is 42.8 Å². The first-order valence-corrected chi connectivity index (χ1v) is 7.21. The lowest BCUT2D eigenvalue weighted by molar-refractivity contribution is 0.411. The molecular formula is C16H20N4. The number of hydrogen-bond acceptors (Lipinski definition) is 4. The summed E-state index contributed by atoms with van der Waals surface area (Å²) in [5, 5.41) is 3.50. The predicted molar refractivity (Wildman–Crippen MR) is 81.3 cm³/mol. The molecule has 0 spiro atoms. The molecule has 0 atom stereocenters. The van der Waals surface area contributed by atoms with E-state index in [-0.39, 0.29) is 0 Å². The minimum atomic E-state index is 0.379. The van der Waals surface area contributed by atoms with Gasteiger partial charge < -0.3 is 11.1 Å². The number of nitrogens with zero attached hydrogens (tertiary/aromatic N) is 2. The van der Waals surface area contributed by atoms with Crippen LogP contribution in [0.1, 0.15) is 25.7 Å². The number of hydrogen-bond donors (Lipinski definition) is 2. The maximum absolute atomic E-state index is 5.92. The van der Waals surface area contributed by atoms with E-state index >= 15 is 0 Å². The molecule has 1 heterocycles. The van der Waals surface area contributed by atoms with Crippen LogP contribution in [0.3, 0.4) is 0 Å². The van der Waals surface area contributed by atoms with Crippen LogP contribution in [0.4, 0.5) is 5.69 Å². The molecule has 4 heteroatoms. The Morgan fingerprint density at radius 1 is 0.950 bits per heavy atom. The molecule has 3 N–H and O–H groups in total. The molecule has 0 amide bonds. The zero-order valence-electron chi connectivity index (χ0n) is 11.5. The van der Waals surface area contributed by atoms with Crippen LogP contribution in [0.5, 0.6) is 0 Å². The Kier molecular flexibility index (Phi) is 3.92. The lowest BCUT2D eigenvalue weighted by Crippen LogP contribution is -2.32. The van der Waals surface area contributed by atoms with E-state index in [1.807, 2.05) is 42.7 Å². The molecule has 104 valence electrons. The van der Waals surface area contributed by atoms with Crippen LogP contribution in [0.2, 0.25) is 0 Å². The molecule has 0 aliphatic heterocycles. The summed E-state index contributed by atoms with van der Waals surface area (Å²) in [4.78, 5) is 8.86. The molecular weight excluding hydrogens is 248 g/mol. The summed E-state index contributed by atoms with van der Waals surface area (Å²) in [5.41, 5.74) is 7.96. The second-order valence-corrected chi connectivity index (χ2v) is 5.42. The van der Waals surface area contributed by atoms with Crippen molar-refractivity contribution in [1.29, 1.82) is 0 Å². The number of nitrogens with two attached hydrogens (primary N) is 1. The van der Waals surface area contributed by atoms with E-state index in [1.54, 1.807) is 0 Å². The van der Waals surface area contributed by atoms with Crippen LogP contribution >= 0.6 is 0 Å². The largest absolute Gasteiger partial charge is 0.380 e. The highest BCUT2D eigenvalue weighted by molar-refractivity contribution is 5.55. The van der Waals surface area contributed by atoms with Gasteiger partial charge in [0, 0.05) is 17.6 Å². The van der Waals surface area contributed by atoms with Gasteiger partial charge in [0.1, 0.15) is 0 Å².